The lowest BCUT2D eigenvalue weighted by atomic mass is 10.1. The molecule has 2 aromatic carbocycles. The minimum Gasteiger partial charge on any atom is -0.357 e. The predicted molar refractivity (Wildman–Crippen MR) is 119 cm³/mol. The number of carbonyl (C=O) groups is 2. The first-order chi connectivity index (χ1) is 14.6. The number of halogens is 2. The molecular weight excluding hydrogens is 445 g/mol. The monoisotopic (exact) mass is 469 g/mol. The Labute approximate surface area is 186 Å². The Morgan fingerprint density at radius 3 is 2.26 bits per heavy atom. The first-order valence-electron chi connectivity index (χ1n) is 9.56. The largest absolute Gasteiger partial charge is 0.357 e. The lowest BCUT2D eigenvalue weighted by molar-refractivity contribution is -0.140. The van der Waals surface area contributed by atoms with Crippen LogP contribution in [0.4, 0.5) is 10.1 Å². The molecule has 0 aromatic heterocycles. The van der Waals surface area contributed by atoms with Gasteiger partial charge >= 0.3 is 0 Å². The van der Waals surface area contributed by atoms with Crippen molar-refractivity contribution in [2.24, 2.45) is 0 Å². The van der Waals surface area contributed by atoms with Crippen molar-refractivity contribution >= 4 is 39.1 Å². The summed E-state index contributed by atoms with van der Waals surface area (Å²) in [4.78, 5) is 27.0. The zero-order valence-corrected chi connectivity index (χ0v) is 19.1. The van der Waals surface area contributed by atoms with E-state index in [-0.39, 0.29) is 18.1 Å². The van der Waals surface area contributed by atoms with Crippen molar-refractivity contribution in [1.29, 1.82) is 0 Å². The summed E-state index contributed by atoms with van der Waals surface area (Å²) in [5.74, 6) is -1.80. The van der Waals surface area contributed by atoms with E-state index in [0.717, 1.165) is 12.3 Å². The van der Waals surface area contributed by atoms with E-state index >= 15 is 0 Å². The Morgan fingerprint density at radius 1 is 1.13 bits per heavy atom. The van der Waals surface area contributed by atoms with Crippen molar-refractivity contribution in [1.82, 2.24) is 10.2 Å². The summed E-state index contributed by atoms with van der Waals surface area (Å²) in [7, 11) is -2.52. The molecule has 2 amide bonds. The van der Waals surface area contributed by atoms with Crippen LogP contribution in [-0.2, 0) is 26.2 Å². The molecule has 0 aliphatic heterocycles. The van der Waals surface area contributed by atoms with Gasteiger partial charge in [-0.2, -0.15) is 0 Å². The van der Waals surface area contributed by atoms with E-state index in [1.54, 1.807) is 31.2 Å². The maximum absolute atomic E-state index is 14.3. The number of benzene rings is 2. The van der Waals surface area contributed by atoms with Gasteiger partial charge in [-0.05, 0) is 36.2 Å². The Morgan fingerprint density at radius 2 is 1.74 bits per heavy atom. The molecule has 0 aliphatic carbocycles. The maximum atomic E-state index is 14.3. The number of hydrogen-bond donors (Lipinski definition) is 1. The fourth-order valence-electron chi connectivity index (χ4n) is 3.12. The standard InChI is InChI=1S/C21H25ClFN3O4S/c1-4-18(21(28)24-2)25(13-15-9-11-16(22)12-10-15)20(27)14-26(31(3,29)30)19-8-6-5-7-17(19)23/h5-12,18H,4,13-14H2,1-3H3,(H,24,28)/t18-/m1/s1. The molecule has 0 fully saturated rings. The van der Waals surface area contributed by atoms with Crippen LogP contribution in [0, 0.1) is 5.82 Å². The van der Waals surface area contributed by atoms with Crippen LogP contribution in [0.25, 0.3) is 0 Å². The summed E-state index contributed by atoms with van der Waals surface area (Å²) in [6, 6.07) is 11.2. The summed E-state index contributed by atoms with van der Waals surface area (Å²) in [6.45, 7) is 1.14. The van der Waals surface area contributed by atoms with Crippen molar-refractivity contribution in [2.45, 2.75) is 25.9 Å². The van der Waals surface area contributed by atoms with Crippen LogP contribution in [-0.4, -0.2) is 51.0 Å². The second-order valence-electron chi connectivity index (χ2n) is 6.91. The van der Waals surface area contributed by atoms with Gasteiger partial charge < -0.3 is 10.2 Å². The normalized spacial score (nSPS) is 12.2. The zero-order chi connectivity index (χ0) is 23.2. The average Bonchev–Trinajstić information content (AvgIpc) is 2.72. The molecule has 2 aromatic rings. The molecular formula is C21H25ClFN3O4S. The average molecular weight is 470 g/mol. The van der Waals surface area contributed by atoms with Gasteiger partial charge in [0.15, 0.2) is 0 Å². The third-order valence-corrected chi connectivity index (χ3v) is 6.08. The lowest BCUT2D eigenvalue weighted by Crippen LogP contribution is -2.51. The summed E-state index contributed by atoms with van der Waals surface area (Å²) in [5.41, 5.74) is 0.467. The highest BCUT2D eigenvalue weighted by Gasteiger charge is 2.32. The van der Waals surface area contributed by atoms with Gasteiger partial charge in [0, 0.05) is 18.6 Å². The van der Waals surface area contributed by atoms with E-state index in [4.69, 9.17) is 11.6 Å². The van der Waals surface area contributed by atoms with Crippen LogP contribution in [0.1, 0.15) is 18.9 Å². The molecule has 0 heterocycles. The topological polar surface area (TPSA) is 86.8 Å². The molecule has 168 valence electrons. The Hall–Kier alpha value is -2.65. The number of hydrogen-bond acceptors (Lipinski definition) is 4. The highest BCUT2D eigenvalue weighted by molar-refractivity contribution is 7.92. The zero-order valence-electron chi connectivity index (χ0n) is 17.5. The van der Waals surface area contributed by atoms with E-state index in [2.05, 4.69) is 5.32 Å². The summed E-state index contributed by atoms with van der Waals surface area (Å²) in [6.07, 6.45) is 1.20. The SMILES string of the molecule is CC[C@H](C(=O)NC)N(Cc1ccc(Cl)cc1)C(=O)CN(c1ccccc1F)S(C)(=O)=O. The third kappa shape index (κ3) is 6.41. The van der Waals surface area contributed by atoms with Gasteiger partial charge in [-0.15, -0.1) is 0 Å². The molecule has 1 atom stereocenters. The number of sulfonamides is 1. The molecule has 2 rings (SSSR count). The molecule has 0 saturated heterocycles. The first kappa shape index (κ1) is 24.6. The predicted octanol–water partition coefficient (Wildman–Crippen LogP) is 2.80. The van der Waals surface area contributed by atoms with Gasteiger partial charge in [-0.25, -0.2) is 12.8 Å². The maximum Gasteiger partial charge on any atom is 0.244 e. The van der Waals surface area contributed by atoms with Gasteiger partial charge in [0.05, 0.1) is 11.9 Å². The third-order valence-electron chi connectivity index (χ3n) is 4.70. The quantitative estimate of drug-likeness (QED) is 0.611. The molecule has 0 saturated carbocycles. The number of carbonyl (C=O) groups excluding carboxylic acids is 2. The Kier molecular flexibility index (Phi) is 8.41. The number of rotatable bonds is 9. The molecule has 10 heteroatoms. The van der Waals surface area contributed by atoms with E-state index in [0.29, 0.717) is 21.3 Å². The fourth-order valence-corrected chi connectivity index (χ4v) is 4.10. The van der Waals surface area contributed by atoms with Gasteiger partial charge in [0.1, 0.15) is 18.4 Å². The van der Waals surface area contributed by atoms with E-state index in [9.17, 15) is 22.4 Å². The van der Waals surface area contributed by atoms with Crippen molar-refractivity contribution < 1.29 is 22.4 Å². The summed E-state index contributed by atoms with van der Waals surface area (Å²) >= 11 is 5.92. The number of amides is 2. The number of para-hydroxylation sites is 1. The van der Waals surface area contributed by atoms with Crippen LogP contribution in [0.5, 0.6) is 0 Å². The van der Waals surface area contributed by atoms with E-state index in [1.807, 2.05) is 0 Å². The molecule has 7 nitrogen and oxygen atoms in total. The fraction of sp³-hybridized carbons (Fsp3) is 0.333. The Balaban J connectivity index is 2.43. The van der Waals surface area contributed by atoms with Crippen LogP contribution in [0.15, 0.2) is 48.5 Å². The highest BCUT2D eigenvalue weighted by atomic mass is 35.5. The number of nitrogens with zero attached hydrogens (tertiary/aromatic N) is 2. The number of nitrogens with one attached hydrogen (secondary N) is 1. The summed E-state index contributed by atoms with van der Waals surface area (Å²) < 4.78 is 39.7. The van der Waals surface area contributed by atoms with Gasteiger partial charge in [0.25, 0.3) is 0 Å². The molecule has 0 radical (unpaired) electrons. The number of likely N-dealkylation sites (N-methyl/N-ethyl adjacent to an activating group) is 1. The second-order valence-corrected chi connectivity index (χ2v) is 9.25. The van der Waals surface area contributed by atoms with Crippen LogP contribution in [0.3, 0.4) is 0 Å². The smallest absolute Gasteiger partial charge is 0.244 e. The molecule has 0 spiro atoms. The van der Waals surface area contributed by atoms with E-state index < -0.39 is 34.3 Å². The minimum absolute atomic E-state index is 0.0524. The van der Waals surface area contributed by atoms with Crippen LogP contribution < -0.4 is 9.62 Å². The molecule has 1 N–H and O–H groups in total. The number of anilines is 1. The highest BCUT2D eigenvalue weighted by Crippen LogP contribution is 2.22. The van der Waals surface area contributed by atoms with Crippen LogP contribution in [0.2, 0.25) is 5.02 Å². The first-order valence-corrected chi connectivity index (χ1v) is 11.8. The van der Waals surface area contributed by atoms with E-state index in [1.165, 1.54) is 30.1 Å². The molecule has 0 bridgehead atoms. The van der Waals surface area contributed by atoms with Crippen LogP contribution >= 0.6 is 11.6 Å². The summed E-state index contributed by atoms with van der Waals surface area (Å²) in [5, 5.41) is 3.04. The van der Waals surface area contributed by atoms with Gasteiger partial charge in [0.2, 0.25) is 21.8 Å². The van der Waals surface area contributed by atoms with Crippen molar-refractivity contribution in [3.05, 3.63) is 64.9 Å². The van der Waals surface area contributed by atoms with Gasteiger partial charge in [-0.3, -0.25) is 13.9 Å². The van der Waals surface area contributed by atoms with Crippen molar-refractivity contribution in [3.63, 3.8) is 0 Å². The van der Waals surface area contributed by atoms with Crippen molar-refractivity contribution in [3.8, 4) is 0 Å². The van der Waals surface area contributed by atoms with Crippen molar-refractivity contribution in [2.75, 3.05) is 24.2 Å². The molecule has 0 aliphatic rings. The molecule has 31 heavy (non-hydrogen) atoms. The second kappa shape index (κ2) is 10.6. The lowest BCUT2D eigenvalue weighted by Gasteiger charge is -2.32. The van der Waals surface area contributed by atoms with Gasteiger partial charge in [-0.1, -0.05) is 42.8 Å². The minimum atomic E-state index is -3.98. The Bertz CT molecular complexity index is 1030. The molecule has 0 unspecified atom stereocenters.